The summed E-state index contributed by atoms with van der Waals surface area (Å²) >= 11 is 0. The van der Waals surface area contributed by atoms with Crippen LogP contribution in [0.4, 0.5) is 0 Å². The molecule has 0 unspecified atom stereocenters. The van der Waals surface area contributed by atoms with Crippen molar-refractivity contribution in [1.29, 1.82) is 0 Å². The summed E-state index contributed by atoms with van der Waals surface area (Å²) in [5.74, 6) is 0.570. The molecule has 0 heterocycles. The van der Waals surface area contributed by atoms with E-state index in [-0.39, 0.29) is 0 Å². The van der Waals surface area contributed by atoms with E-state index in [9.17, 15) is 0 Å². The molecule has 0 saturated carbocycles. The lowest BCUT2D eigenvalue weighted by Gasteiger charge is -2.09. The molecule has 3 nitrogen and oxygen atoms in total. The molecular formula is C35H29N3. The van der Waals surface area contributed by atoms with Crippen molar-refractivity contribution in [3.8, 4) is 11.1 Å². The first kappa shape index (κ1) is 26.0. The molecule has 0 amide bonds. The van der Waals surface area contributed by atoms with Gasteiger partial charge in [-0.05, 0) is 48.5 Å². The van der Waals surface area contributed by atoms with Crippen LogP contribution >= 0.6 is 0 Å². The SMILES string of the molecule is C=CC=N/C=C(\C)c1cccc(/C(=C/Cc2c#cc(-c3ccccc3)cc2)N=C(N=C)c2ccccc2)c1. The van der Waals surface area contributed by atoms with E-state index in [0.717, 1.165) is 44.7 Å². The third-order valence-corrected chi connectivity index (χ3v) is 5.89. The number of amidine groups is 1. The number of rotatable bonds is 9. The molecule has 0 saturated heterocycles. The normalized spacial score (nSPS) is 12.3. The number of hydrogen-bond donors (Lipinski definition) is 0. The average molecular weight is 492 g/mol. The molecule has 4 aromatic carbocycles. The van der Waals surface area contributed by atoms with Crippen LogP contribution in [0.3, 0.4) is 0 Å². The first-order valence-electron chi connectivity index (χ1n) is 12.4. The zero-order chi connectivity index (χ0) is 26.6. The fraction of sp³-hybridized carbons (Fsp3) is 0.0571. The number of benzene rings is 3. The van der Waals surface area contributed by atoms with Crippen LogP contribution in [0.5, 0.6) is 0 Å². The highest BCUT2D eigenvalue weighted by Crippen LogP contribution is 2.24. The number of allylic oxidation sites excluding steroid dienone is 3. The fourth-order valence-corrected chi connectivity index (χ4v) is 3.86. The van der Waals surface area contributed by atoms with Crippen molar-refractivity contribution >= 4 is 30.0 Å². The molecule has 184 valence electrons. The number of hydrogen-bond acceptors (Lipinski definition) is 2. The molecule has 0 atom stereocenters. The summed E-state index contributed by atoms with van der Waals surface area (Å²) in [4.78, 5) is 13.5. The van der Waals surface area contributed by atoms with Gasteiger partial charge in [0.1, 0.15) is 0 Å². The Morgan fingerprint density at radius 3 is 2.21 bits per heavy atom. The lowest BCUT2D eigenvalue weighted by atomic mass is 10.0. The second kappa shape index (κ2) is 13.3. The first-order valence-corrected chi connectivity index (χ1v) is 12.4. The Bertz CT molecular complexity index is 1490. The van der Waals surface area contributed by atoms with Crippen molar-refractivity contribution in [2.75, 3.05) is 0 Å². The third-order valence-electron chi connectivity index (χ3n) is 5.89. The molecule has 0 bridgehead atoms. The zero-order valence-corrected chi connectivity index (χ0v) is 21.5. The van der Waals surface area contributed by atoms with Crippen LogP contribution in [0, 0.1) is 12.1 Å². The van der Waals surface area contributed by atoms with Crippen LogP contribution in [0.2, 0.25) is 0 Å². The van der Waals surface area contributed by atoms with Gasteiger partial charge in [0.2, 0.25) is 0 Å². The van der Waals surface area contributed by atoms with Crippen LogP contribution in [0.1, 0.15) is 29.2 Å². The van der Waals surface area contributed by atoms with Gasteiger partial charge in [0, 0.05) is 41.1 Å². The van der Waals surface area contributed by atoms with E-state index >= 15 is 0 Å². The van der Waals surface area contributed by atoms with E-state index in [1.165, 1.54) is 0 Å². The summed E-state index contributed by atoms with van der Waals surface area (Å²) in [6, 6.07) is 39.1. The highest BCUT2D eigenvalue weighted by molar-refractivity contribution is 6.04. The van der Waals surface area contributed by atoms with E-state index in [2.05, 4.69) is 84.0 Å². The quantitative estimate of drug-likeness (QED) is 0.167. The Labute approximate surface area is 225 Å². The Kier molecular flexibility index (Phi) is 9.10. The summed E-state index contributed by atoms with van der Waals surface area (Å²) in [6.45, 7) is 9.48. The highest BCUT2D eigenvalue weighted by atomic mass is 14.9. The van der Waals surface area contributed by atoms with Crippen LogP contribution < -0.4 is 0 Å². The Hall–Kier alpha value is -5.07. The predicted molar refractivity (Wildman–Crippen MR) is 163 cm³/mol. The summed E-state index contributed by atoms with van der Waals surface area (Å²) in [6.07, 6.45) is 7.90. The van der Waals surface area contributed by atoms with Gasteiger partial charge in [0.15, 0.2) is 5.84 Å². The zero-order valence-electron chi connectivity index (χ0n) is 21.5. The number of aliphatic imine (C=N–C) groups is 3. The Morgan fingerprint density at radius 2 is 1.53 bits per heavy atom. The first-order chi connectivity index (χ1) is 18.7. The fourth-order valence-electron chi connectivity index (χ4n) is 3.86. The summed E-state index contributed by atoms with van der Waals surface area (Å²) in [5.41, 5.74) is 7.96. The lowest BCUT2D eigenvalue weighted by Crippen LogP contribution is -1.98. The smallest absolute Gasteiger partial charge is 0.159 e. The lowest BCUT2D eigenvalue weighted by molar-refractivity contribution is 1.26. The monoisotopic (exact) mass is 491 g/mol. The molecule has 0 aliphatic heterocycles. The molecule has 38 heavy (non-hydrogen) atoms. The van der Waals surface area contributed by atoms with Gasteiger partial charge in [0.05, 0.1) is 5.70 Å². The summed E-state index contributed by atoms with van der Waals surface area (Å²) in [7, 11) is 0. The highest BCUT2D eigenvalue weighted by Gasteiger charge is 2.07. The molecular weight excluding hydrogens is 462 g/mol. The average Bonchev–Trinajstić information content (AvgIpc) is 2.98. The van der Waals surface area contributed by atoms with Gasteiger partial charge in [-0.2, -0.15) is 0 Å². The molecule has 0 aliphatic carbocycles. The van der Waals surface area contributed by atoms with Gasteiger partial charge in [-0.25, -0.2) is 9.98 Å². The van der Waals surface area contributed by atoms with Gasteiger partial charge >= 0.3 is 0 Å². The molecule has 0 aromatic heterocycles. The van der Waals surface area contributed by atoms with Crippen LogP contribution in [-0.2, 0) is 6.42 Å². The molecule has 0 radical (unpaired) electrons. The van der Waals surface area contributed by atoms with Gasteiger partial charge in [-0.1, -0.05) is 110 Å². The van der Waals surface area contributed by atoms with Gasteiger partial charge < -0.3 is 0 Å². The minimum atomic E-state index is 0.570. The van der Waals surface area contributed by atoms with Crippen LogP contribution in [0.15, 0.2) is 137 Å². The van der Waals surface area contributed by atoms with Gasteiger partial charge in [-0.3, -0.25) is 4.99 Å². The van der Waals surface area contributed by atoms with Crippen molar-refractivity contribution in [2.45, 2.75) is 13.3 Å². The standard InChI is InChI=1S/C35H29N3/c1-4-24-37-26-27(2)32-16-11-17-33(25-32)34(38-35(36-3)31-14-9-6-10-15-31)23-20-28-18-21-30(22-19-28)29-12-7-5-8-13-29/h4-18,21,23-26H,1,3,20H2,2H3/b27-26+,34-23-,37-24?,38-35?. The summed E-state index contributed by atoms with van der Waals surface area (Å²) < 4.78 is 0. The molecule has 0 N–H and O–H groups in total. The van der Waals surface area contributed by atoms with Crippen molar-refractivity contribution in [3.63, 3.8) is 0 Å². The molecule has 3 heteroatoms. The molecule has 0 spiro atoms. The van der Waals surface area contributed by atoms with E-state index < -0.39 is 0 Å². The molecule has 0 fully saturated rings. The molecule has 4 rings (SSSR count). The van der Waals surface area contributed by atoms with Gasteiger partial charge in [0.25, 0.3) is 0 Å². The second-order valence-electron chi connectivity index (χ2n) is 8.57. The van der Waals surface area contributed by atoms with E-state index in [1.54, 1.807) is 12.3 Å². The van der Waals surface area contributed by atoms with Crippen molar-refractivity contribution < 1.29 is 0 Å². The maximum absolute atomic E-state index is 4.95. The van der Waals surface area contributed by atoms with Crippen molar-refractivity contribution in [1.82, 2.24) is 0 Å². The topological polar surface area (TPSA) is 37.1 Å². The summed E-state index contributed by atoms with van der Waals surface area (Å²) in [5, 5.41) is 0. The maximum atomic E-state index is 4.95. The minimum absolute atomic E-state index is 0.570. The number of nitrogens with zero attached hydrogens (tertiary/aromatic N) is 3. The maximum Gasteiger partial charge on any atom is 0.159 e. The largest absolute Gasteiger partial charge is 0.264 e. The van der Waals surface area contributed by atoms with Crippen molar-refractivity contribution in [3.05, 3.63) is 156 Å². The minimum Gasteiger partial charge on any atom is -0.264 e. The Morgan fingerprint density at radius 1 is 0.816 bits per heavy atom. The molecule has 4 aromatic rings. The van der Waals surface area contributed by atoms with E-state index in [1.807, 2.05) is 67.7 Å². The third kappa shape index (κ3) is 7.00. The van der Waals surface area contributed by atoms with Gasteiger partial charge in [-0.15, -0.1) is 0 Å². The Balaban J connectivity index is 1.70. The molecule has 0 aliphatic rings. The second-order valence-corrected chi connectivity index (χ2v) is 8.57. The van der Waals surface area contributed by atoms with E-state index in [0.29, 0.717) is 12.3 Å². The van der Waals surface area contributed by atoms with Crippen LogP contribution in [0.25, 0.3) is 22.4 Å². The van der Waals surface area contributed by atoms with E-state index in [4.69, 9.17) is 4.99 Å². The predicted octanol–water partition coefficient (Wildman–Crippen LogP) is 8.30. The van der Waals surface area contributed by atoms with Crippen LogP contribution in [-0.4, -0.2) is 18.8 Å². The van der Waals surface area contributed by atoms with Crippen molar-refractivity contribution in [2.24, 2.45) is 15.0 Å².